The molecular formula is C20H20FN3O3S. The molecule has 8 heteroatoms. The normalized spacial score (nSPS) is 15.6. The summed E-state index contributed by atoms with van der Waals surface area (Å²) in [7, 11) is -1.71. The number of nitrogens with zero attached hydrogens (tertiary/aromatic N) is 2. The fourth-order valence-corrected chi connectivity index (χ4v) is 4.33. The molecule has 0 unspecified atom stereocenters. The summed E-state index contributed by atoms with van der Waals surface area (Å²) in [5, 5.41) is 0.818. The maximum Gasteiger partial charge on any atom is 0.211 e. The lowest BCUT2D eigenvalue weighted by molar-refractivity contribution is 0.415. The average molecular weight is 401 g/mol. The third-order valence-electron chi connectivity index (χ3n) is 4.91. The number of H-pyrrole nitrogens is 1. The third-order valence-corrected chi connectivity index (χ3v) is 6.16. The Hall–Kier alpha value is -2.71. The van der Waals surface area contributed by atoms with Crippen molar-refractivity contribution in [1.29, 1.82) is 0 Å². The minimum absolute atomic E-state index is 0.310. The van der Waals surface area contributed by atoms with E-state index >= 15 is 0 Å². The molecule has 4 rings (SSSR count). The molecule has 28 heavy (non-hydrogen) atoms. The van der Waals surface area contributed by atoms with Crippen LogP contribution >= 0.6 is 0 Å². The van der Waals surface area contributed by atoms with Gasteiger partial charge in [-0.2, -0.15) is 4.31 Å². The van der Waals surface area contributed by atoms with Crippen LogP contribution in [0.1, 0.15) is 12.1 Å². The lowest BCUT2D eigenvalue weighted by atomic mass is 10.0. The summed E-state index contributed by atoms with van der Waals surface area (Å²) in [6, 6.07) is 8.13. The number of hydrogen-bond donors (Lipinski definition) is 1. The van der Waals surface area contributed by atoms with Crippen molar-refractivity contribution in [2.24, 2.45) is 0 Å². The largest absolute Gasteiger partial charge is 0.496 e. The van der Waals surface area contributed by atoms with Gasteiger partial charge in [-0.25, -0.2) is 17.8 Å². The summed E-state index contributed by atoms with van der Waals surface area (Å²) in [5.41, 5.74) is 3.78. The van der Waals surface area contributed by atoms with Gasteiger partial charge >= 0.3 is 0 Å². The van der Waals surface area contributed by atoms with E-state index in [1.165, 1.54) is 22.7 Å². The van der Waals surface area contributed by atoms with Crippen LogP contribution in [0.3, 0.4) is 0 Å². The van der Waals surface area contributed by atoms with E-state index in [9.17, 15) is 12.8 Å². The summed E-state index contributed by atoms with van der Waals surface area (Å²) in [6.07, 6.45) is 5.56. The van der Waals surface area contributed by atoms with E-state index in [4.69, 9.17) is 4.74 Å². The van der Waals surface area contributed by atoms with Gasteiger partial charge in [-0.05, 0) is 47.9 Å². The van der Waals surface area contributed by atoms with Crippen LogP contribution in [-0.2, 0) is 10.0 Å². The van der Waals surface area contributed by atoms with Gasteiger partial charge in [0.15, 0.2) is 0 Å². The Bertz CT molecular complexity index is 1180. The first kappa shape index (κ1) is 18.6. The monoisotopic (exact) mass is 401 g/mol. The second kappa shape index (κ2) is 7.03. The smallest absolute Gasteiger partial charge is 0.211 e. The van der Waals surface area contributed by atoms with Crippen molar-refractivity contribution in [1.82, 2.24) is 14.3 Å². The van der Waals surface area contributed by atoms with E-state index < -0.39 is 10.0 Å². The molecule has 0 saturated heterocycles. The molecule has 0 spiro atoms. The van der Waals surface area contributed by atoms with Crippen LogP contribution in [0.15, 0.2) is 42.6 Å². The zero-order valence-electron chi connectivity index (χ0n) is 15.6. The summed E-state index contributed by atoms with van der Waals surface area (Å²) >= 11 is 0. The topological polar surface area (TPSA) is 75.3 Å². The number of aromatic amines is 1. The highest BCUT2D eigenvalue weighted by atomic mass is 32.2. The van der Waals surface area contributed by atoms with E-state index in [-0.39, 0.29) is 5.82 Å². The highest BCUT2D eigenvalue weighted by molar-refractivity contribution is 7.88. The SMILES string of the molecule is COc1ccc(F)cc1-c1ccnc2[nH]c(C3=CCCN(S(C)(=O)=O)C3)cc12. The van der Waals surface area contributed by atoms with Gasteiger partial charge in [0.1, 0.15) is 17.2 Å². The molecule has 0 fully saturated rings. The van der Waals surface area contributed by atoms with E-state index in [0.29, 0.717) is 36.5 Å². The van der Waals surface area contributed by atoms with Crippen LogP contribution in [0.5, 0.6) is 5.75 Å². The number of sulfonamides is 1. The first-order valence-corrected chi connectivity index (χ1v) is 10.7. The number of rotatable bonds is 4. The van der Waals surface area contributed by atoms with Crippen LogP contribution in [0.25, 0.3) is 27.7 Å². The van der Waals surface area contributed by atoms with Crippen LogP contribution < -0.4 is 4.74 Å². The summed E-state index contributed by atoms with van der Waals surface area (Å²) < 4.78 is 44.5. The molecule has 0 saturated carbocycles. The number of ether oxygens (including phenoxy) is 1. The minimum atomic E-state index is -3.26. The number of benzene rings is 1. The molecule has 3 aromatic rings. The average Bonchev–Trinajstić information content (AvgIpc) is 3.12. The van der Waals surface area contributed by atoms with Crippen LogP contribution in [0.4, 0.5) is 4.39 Å². The Morgan fingerprint density at radius 2 is 2.04 bits per heavy atom. The van der Waals surface area contributed by atoms with Crippen molar-refractivity contribution < 1.29 is 17.5 Å². The molecule has 1 aromatic carbocycles. The Balaban J connectivity index is 1.81. The molecule has 0 radical (unpaired) electrons. The highest BCUT2D eigenvalue weighted by Crippen LogP contribution is 2.36. The van der Waals surface area contributed by atoms with Gasteiger partial charge < -0.3 is 9.72 Å². The summed E-state index contributed by atoms with van der Waals surface area (Å²) in [5.74, 6) is 0.215. The molecule has 0 amide bonds. The molecule has 0 bridgehead atoms. The van der Waals surface area contributed by atoms with Gasteiger partial charge in [0.05, 0.1) is 13.4 Å². The molecule has 6 nitrogen and oxygen atoms in total. The van der Waals surface area contributed by atoms with E-state index in [2.05, 4.69) is 9.97 Å². The highest BCUT2D eigenvalue weighted by Gasteiger charge is 2.23. The molecule has 1 N–H and O–H groups in total. The van der Waals surface area contributed by atoms with Crippen molar-refractivity contribution in [2.45, 2.75) is 6.42 Å². The number of nitrogens with one attached hydrogen (secondary N) is 1. The molecule has 0 atom stereocenters. The lowest BCUT2D eigenvalue weighted by Crippen LogP contribution is -2.34. The Morgan fingerprint density at radius 3 is 2.79 bits per heavy atom. The number of aromatic nitrogens is 2. The quantitative estimate of drug-likeness (QED) is 0.727. The standard InChI is InChI=1S/C20H20FN3O3S/c1-27-19-6-5-14(21)10-16(19)15-7-8-22-20-17(15)11-18(23-20)13-4-3-9-24(12-13)28(2,25)26/h4-8,10-11H,3,9,12H2,1-2H3,(H,22,23). The van der Waals surface area contributed by atoms with Crippen molar-refractivity contribution in [3.63, 3.8) is 0 Å². The molecule has 1 aliphatic rings. The fourth-order valence-electron chi connectivity index (χ4n) is 3.52. The molecule has 146 valence electrons. The van der Waals surface area contributed by atoms with Gasteiger partial charge in [0.25, 0.3) is 0 Å². The summed E-state index contributed by atoms with van der Waals surface area (Å²) in [6.45, 7) is 0.789. The number of halogens is 1. The van der Waals surface area contributed by atoms with Gasteiger partial charge in [-0.1, -0.05) is 6.08 Å². The number of fused-ring (bicyclic) bond motifs is 1. The van der Waals surface area contributed by atoms with Gasteiger partial charge in [0.2, 0.25) is 10.0 Å². The zero-order valence-corrected chi connectivity index (χ0v) is 16.4. The number of methoxy groups -OCH3 is 1. The molecule has 2 aromatic heterocycles. The van der Waals surface area contributed by atoms with Crippen molar-refractivity contribution in [2.75, 3.05) is 26.5 Å². The van der Waals surface area contributed by atoms with Crippen LogP contribution in [0, 0.1) is 5.82 Å². The first-order valence-electron chi connectivity index (χ1n) is 8.83. The maximum atomic E-state index is 13.9. The Kier molecular flexibility index (Phi) is 4.68. The molecule has 1 aliphatic heterocycles. The fraction of sp³-hybridized carbons (Fsp3) is 0.250. The Morgan fingerprint density at radius 1 is 1.21 bits per heavy atom. The molecule has 0 aliphatic carbocycles. The van der Waals surface area contributed by atoms with E-state index in [1.54, 1.807) is 19.4 Å². The first-order chi connectivity index (χ1) is 13.4. The van der Waals surface area contributed by atoms with E-state index in [0.717, 1.165) is 22.2 Å². The van der Waals surface area contributed by atoms with Crippen molar-refractivity contribution in [3.8, 4) is 16.9 Å². The van der Waals surface area contributed by atoms with Gasteiger partial charge in [0, 0.05) is 35.9 Å². The van der Waals surface area contributed by atoms with Crippen LogP contribution in [0.2, 0.25) is 0 Å². The van der Waals surface area contributed by atoms with Gasteiger partial charge in [-0.15, -0.1) is 0 Å². The lowest BCUT2D eigenvalue weighted by Gasteiger charge is -2.24. The predicted octanol–water partition coefficient (Wildman–Crippen LogP) is 3.43. The number of hydrogen-bond acceptors (Lipinski definition) is 4. The molecular weight excluding hydrogens is 381 g/mol. The van der Waals surface area contributed by atoms with Crippen molar-refractivity contribution >= 4 is 26.6 Å². The maximum absolute atomic E-state index is 13.9. The van der Waals surface area contributed by atoms with Gasteiger partial charge in [-0.3, -0.25) is 0 Å². The minimum Gasteiger partial charge on any atom is -0.496 e. The zero-order chi connectivity index (χ0) is 19.9. The van der Waals surface area contributed by atoms with Crippen molar-refractivity contribution in [3.05, 3.63) is 54.1 Å². The Labute approximate surface area is 162 Å². The predicted molar refractivity (Wildman–Crippen MR) is 107 cm³/mol. The van der Waals surface area contributed by atoms with E-state index in [1.807, 2.05) is 18.2 Å². The third kappa shape index (κ3) is 3.41. The summed E-state index contributed by atoms with van der Waals surface area (Å²) in [4.78, 5) is 7.64. The molecule has 3 heterocycles. The number of pyridine rings is 1. The van der Waals surface area contributed by atoms with Crippen LogP contribution in [-0.4, -0.2) is 49.1 Å². The second-order valence-corrected chi connectivity index (χ2v) is 8.75. The second-order valence-electron chi connectivity index (χ2n) is 6.76.